The number of carbonyl (C=O) groups is 1. The Labute approximate surface area is 130 Å². The van der Waals surface area contributed by atoms with Crippen molar-refractivity contribution in [2.75, 3.05) is 24.5 Å². The summed E-state index contributed by atoms with van der Waals surface area (Å²) in [4.78, 5) is 20.5. The van der Waals surface area contributed by atoms with Gasteiger partial charge in [-0.3, -0.25) is 4.79 Å². The van der Waals surface area contributed by atoms with Gasteiger partial charge in [-0.05, 0) is 39.7 Å². The summed E-state index contributed by atoms with van der Waals surface area (Å²) in [6.45, 7) is 8.61. The topological polar surface area (TPSA) is 57.3 Å². The summed E-state index contributed by atoms with van der Waals surface area (Å²) in [6.07, 6.45) is 3.44. The third kappa shape index (κ3) is 2.55. The molecule has 0 bridgehead atoms. The van der Waals surface area contributed by atoms with Crippen molar-refractivity contribution in [1.29, 1.82) is 0 Å². The standard InChI is InChI=1S/C15H24N4OS/c1-4-16-10-6-5-7-11-12(10)21-14(18-11)19-9-8-17-13(20)15(19,2)3/h10,16H,4-9H2,1-3H3,(H,17,20). The Bertz CT molecular complexity index is 540. The average Bonchev–Trinajstić information content (AvgIpc) is 2.86. The fourth-order valence-corrected chi connectivity index (χ4v) is 4.59. The Balaban J connectivity index is 1.92. The number of nitrogens with zero attached hydrogens (tertiary/aromatic N) is 2. The molecule has 0 saturated carbocycles. The molecule has 1 saturated heterocycles. The Kier molecular flexibility index (Phi) is 3.92. The maximum Gasteiger partial charge on any atom is 0.245 e. The number of carbonyl (C=O) groups excluding carboxylic acids is 1. The Hall–Kier alpha value is -1.14. The van der Waals surface area contributed by atoms with Crippen molar-refractivity contribution in [3.05, 3.63) is 10.6 Å². The number of nitrogens with one attached hydrogen (secondary N) is 2. The summed E-state index contributed by atoms with van der Waals surface area (Å²) < 4.78 is 0. The molecule has 1 atom stereocenters. The minimum atomic E-state index is -0.521. The first-order valence-electron chi connectivity index (χ1n) is 7.83. The van der Waals surface area contributed by atoms with Gasteiger partial charge in [0.2, 0.25) is 5.91 Å². The number of hydrogen-bond donors (Lipinski definition) is 2. The van der Waals surface area contributed by atoms with Crippen LogP contribution in [-0.2, 0) is 11.2 Å². The molecule has 1 amide bonds. The first-order valence-corrected chi connectivity index (χ1v) is 8.64. The third-order valence-corrected chi connectivity index (χ3v) is 5.71. The monoisotopic (exact) mass is 308 g/mol. The van der Waals surface area contributed by atoms with E-state index >= 15 is 0 Å². The molecular weight excluding hydrogens is 284 g/mol. The summed E-state index contributed by atoms with van der Waals surface area (Å²) in [7, 11) is 0. The third-order valence-electron chi connectivity index (χ3n) is 4.47. The van der Waals surface area contributed by atoms with Crippen LogP contribution in [0.1, 0.15) is 50.2 Å². The summed E-state index contributed by atoms with van der Waals surface area (Å²) >= 11 is 1.77. The molecule has 1 aliphatic heterocycles. The van der Waals surface area contributed by atoms with E-state index in [9.17, 15) is 4.79 Å². The Morgan fingerprint density at radius 3 is 3.10 bits per heavy atom. The van der Waals surface area contributed by atoms with E-state index in [0.29, 0.717) is 12.6 Å². The van der Waals surface area contributed by atoms with Gasteiger partial charge in [-0.1, -0.05) is 18.3 Å². The van der Waals surface area contributed by atoms with E-state index in [1.165, 1.54) is 23.4 Å². The minimum absolute atomic E-state index is 0.0881. The SMILES string of the molecule is CCNC1CCCc2nc(N3CCNC(=O)C3(C)C)sc21. The molecule has 0 radical (unpaired) electrons. The van der Waals surface area contributed by atoms with Gasteiger partial charge in [0.1, 0.15) is 5.54 Å². The maximum absolute atomic E-state index is 12.1. The Morgan fingerprint density at radius 1 is 1.52 bits per heavy atom. The van der Waals surface area contributed by atoms with Crippen LogP contribution in [-0.4, -0.2) is 36.1 Å². The second-order valence-corrected chi connectivity index (χ2v) is 7.29. The predicted molar refractivity (Wildman–Crippen MR) is 85.9 cm³/mol. The molecule has 5 nitrogen and oxygen atoms in total. The van der Waals surface area contributed by atoms with Crippen LogP contribution in [0, 0.1) is 0 Å². The molecule has 1 aromatic rings. The number of fused-ring (bicyclic) bond motifs is 1. The first kappa shape index (κ1) is 14.8. The fourth-order valence-electron chi connectivity index (χ4n) is 3.20. The predicted octanol–water partition coefficient (Wildman–Crippen LogP) is 1.84. The number of amides is 1. The normalized spacial score (nSPS) is 24.6. The highest BCUT2D eigenvalue weighted by Crippen LogP contribution is 2.39. The zero-order chi connectivity index (χ0) is 15.0. The highest BCUT2D eigenvalue weighted by atomic mass is 32.1. The van der Waals surface area contributed by atoms with Crippen molar-refractivity contribution in [2.45, 2.75) is 51.6 Å². The molecule has 6 heteroatoms. The van der Waals surface area contributed by atoms with Crippen LogP contribution in [0.3, 0.4) is 0 Å². The van der Waals surface area contributed by atoms with Crippen LogP contribution in [0.15, 0.2) is 0 Å². The molecular formula is C15H24N4OS. The molecule has 2 heterocycles. The van der Waals surface area contributed by atoms with Gasteiger partial charge in [0, 0.05) is 24.0 Å². The maximum atomic E-state index is 12.1. The molecule has 116 valence electrons. The van der Waals surface area contributed by atoms with E-state index in [1.807, 2.05) is 13.8 Å². The van der Waals surface area contributed by atoms with Gasteiger partial charge >= 0.3 is 0 Å². The molecule has 0 spiro atoms. The molecule has 2 aliphatic rings. The van der Waals surface area contributed by atoms with Gasteiger partial charge in [-0.2, -0.15) is 0 Å². The van der Waals surface area contributed by atoms with Crippen molar-refractivity contribution >= 4 is 22.4 Å². The number of aryl methyl sites for hydroxylation is 1. The number of rotatable bonds is 3. The van der Waals surface area contributed by atoms with Gasteiger partial charge in [0.15, 0.2) is 5.13 Å². The molecule has 1 aliphatic carbocycles. The van der Waals surface area contributed by atoms with Gasteiger partial charge in [0.25, 0.3) is 0 Å². The lowest BCUT2D eigenvalue weighted by Gasteiger charge is -2.41. The smallest absolute Gasteiger partial charge is 0.245 e. The summed E-state index contributed by atoms with van der Waals surface area (Å²) in [5.41, 5.74) is 0.709. The summed E-state index contributed by atoms with van der Waals surface area (Å²) in [5, 5.41) is 7.51. The lowest BCUT2D eigenvalue weighted by Crippen LogP contribution is -2.62. The lowest BCUT2D eigenvalue weighted by atomic mass is 9.98. The Morgan fingerprint density at radius 2 is 2.33 bits per heavy atom. The summed E-state index contributed by atoms with van der Waals surface area (Å²) in [5.74, 6) is 0.0881. The van der Waals surface area contributed by atoms with Gasteiger partial charge in [-0.25, -0.2) is 4.98 Å². The summed E-state index contributed by atoms with van der Waals surface area (Å²) in [6, 6.07) is 0.437. The van der Waals surface area contributed by atoms with E-state index < -0.39 is 5.54 Å². The van der Waals surface area contributed by atoms with E-state index in [0.717, 1.165) is 24.6 Å². The second kappa shape index (κ2) is 5.57. The van der Waals surface area contributed by atoms with Crippen LogP contribution in [0.2, 0.25) is 0 Å². The van der Waals surface area contributed by atoms with E-state index in [1.54, 1.807) is 11.3 Å². The molecule has 1 unspecified atom stereocenters. The van der Waals surface area contributed by atoms with Crippen LogP contribution in [0.5, 0.6) is 0 Å². The number of piperazine rings is 1. The van der Waals surface area contributed by atoms with Crippen molar-refractivity contribution in [3.63, 3.8) is 0 Å². The first-order chi connectivity index (χ1) is 10.0. The zero-order valence-electron chi connectivity index (χ0n) is 13.0. The van der Waals surface area contributed by atoms with E-state index in [4.69, 9.17) is 4.98 Å². The van der Waals surface area contributed by atoms with Crippen molar-refractivity contribution in [3.8, 4) is 0 Å². The van der Waals surface area contributed by atoms with Crippen molar-refractivity contribution in [1.82, 2.24) is 15.6 Å². The molecule has 1 aromatic heterocycles. The zero-order valence-corrected chi connectivity index (χ0v) is 13.8. The van der Waals surface area contributed by atoms with Crippen LogP contribution < -0.4 is 15.5 Å². The second-order valence-electron chi connectivity index (χ2n) is 6.28. The fraction of sp³-hybridized carbons (Fsp3) is 0.733. The van der Waals surface area contributed by atoms with Crippen LogP contribution in [0.25, 0.3) is 0 Å². The lowest BCUT2D eigenvalue weighted by molar-refractivity contribution is -0.126. The quantitative estimate of drug-likeness (QED) is 0.895. The number of thiazole rings is 1. The van der Waals surface area contributed by atoms with Gasteiger partial charge in [0.05, 0.1) is 5.69 Å². The van der Waals surface area contributed by atoms with Gasteiger partial charge < -0.3 is 15.5 Å². The van der Waals surface area contributed by atoms with Crippen LogP contribution >= 0.6 is 11.3 Å². The minimum Gasteiger partial charge on any atom is -0.352 e. The van der Waals surface area contributed by atoms with E-state index in [-0.39, 0.29) is 5.91 Å². The largest absolute Gasteiger partial charge is 0.352 e. The van der Waals surface area contributed by atoms with Crippen molar-refractivity contribution in [2.24, 2.45) is 0 Å². The average molecular weight is 308 g/mol. The number of hydrogen-bond acceptors (Lipinski definition) is 5. The molecule has 21 heavy (non-hydrogen) atoms. The van der Waals surface area contributed by atoms with Crippen molar-refractivity contribution < 1.29 is 4.79 Å². The molecule has 2 N–H and O–H groups in total. The van der Waals surface area contributed by atoms with Gasteiger partial charge in [-0.15, -0.1) is 0 Å². The highest BCUT2D eigenvalue weighted by Gasteiger charge is 2.40. The van der Waals surface area contributed by atoms with Crippen LogP contribution in [0.4, 0.5) is 5.13 Å². The molecule has 3 rings (SSSR count). The highest BCUT2D eigenvalue weighted by molar-refractivity contribution is 7.15. The van der Waals surface area contributed by atoms with E-state index in [2.05, 4.69) is 22.5 Å². The number of aromatic nitrogens is 1. The number of anilines is 1. The molecule has 1 fully saturated rings. The molecule has 0 aromatic carbocycles.